The number of halogens is 1. The third-order valence-corrected chi connectivity index (χ3v) is 5.84. The summed E-state index contributed by atoms with van der Waals surface area (Å²) >= 11 is 0. The SMILES string of the molecule is CC(C)C(=O)N1CCCC(c2cc(C(C)C)c3cc(C(=O)N(C)C)[nH]c3c2F)C1. The van der Waals surface area contributed by atoms with Gasteiger partial charge in [-0.25, -0.2) is 4.39 Å². The maximum absolute atomic E-state index is 15.6. The zero-order valence-corrected chi connectivity index (χ0v) is 18.3. The number of hydrogen-bond acceptors (Lipinski definition) is 2. The van der Waals surface area contributed by atoms with E-state index in [2.05, 4.69) is 18.8 Å². The lowest BCUT2D eigenvalue weighted by Gasteiger charge is -2.34. The topological polar surface area (TPSA) is 56.4 Å². The predicted octanol–water partition coefficient (Wildman–Crippen LogP) is 4.49. The molecule has 29 heavy (non-hydrogen) atoms. The summed E-state index contributed by atoms with van der Waals surface area (Å²) < 4.78 is 15.6. The van der Waals surface area contributed by atoms with Crippen LogP contribution in [0, 0.1) is 11.7 Å². The van der Waals surface area contributed by atoms with Gasteiger partial charge in [-0.3, -0.25) is 9.59 Å². The number of carbonyl (C=O) groups is 2. The summed E-state index contributed by atoms with van der Waals surface area (Å²) in [4.78, 5) is 31.3. The maximum atomic E-state index is 15.6. The number of benzene rings is 1. The van der Waals surface area contributed by atoms with E-state index in [9.17, 15) is 9.59 Å². The number of carbonyl (C=O) groups excluding carboxylic acids is 2. The van der Waals surface area contributed by atoms with E-state index in [-0.39, 0.29) is 35.4 Å². The molecule has 1 unspecified atom stereocenters. The Labute approximate surface area is 172 Å². The van der Waals surface area contributed by atoms with Crippen molar-refractivity contribution in [2.45, 2.75) is 52.4 Å². The van der Waals surface area contributed by atoms with Gasteiger partial charge in [0.25, 0.3) is 5.91 Å². The van der Waals surface area contributed by atoms with Crippen LogP contribution in [0.3, 0.4) is 0 Å². The van der Waals surface area contributed by atoms with Crippen LogP contribution in [0.15, 0.2) is 12.1 Å². The van der Waals surface area contributed by atoms with Crippen LogP contribution in [0.1, 0.15) is 74.0 Å². The lowest BCUT2D eigenvalue weighted by atomic mass is 9.86. The number of nitrogens with one attached hydrogen (secondary N) is 1. The number of fused-ring (bicyclic) bond motifs is 1. The van der Waals surface area contributed by atoms with E-state index >= 15 is 4.39 Å². The molecule has 0 spiro atoms. The standard InChI is InChI=1S/C23H32FN3O2/c1-13(2)16-10-17(15-8-7-9-27(12-15)22(28)14(3)4)20(24)21-18(16)11-19(25-21)23(29)26(5)6/h10-11,13-15,25H,7-9,12H2,1-6H3. The van der Waals surface area contributed by atoms with E-state index in [0.29, 0.717) is 23.3 Å². The highest BCUT2D eigenvalue weighted by Gasteiger charge is 2.30. The molecule has 0 aliphatic carbocycles. The predicted molar refractivity (Wildman–Crippen MR) is 114 cm³/mol. The summed E-state index contributed by atoms with van der Waals surface area (Å²) in [5.41, 5.74) is 2.46. The van der Waals surface area contributed by atoms with Crippen LogP contribution in [0.4, 0.5) is 4.39 Å². The summed E-state index contributed by atoms with van der Waals surface area (Å²) in [6.07, 6.45) is 1.72. The highest BCUT2D eigenvalue weighted by molar-refractivity contribution is 5.99. The summed E-state index contributed by atoms with van der Waals surface area (Å²) in [7, 11) is 3.36. The van der Waals surface area contributed by atoms with Gasteiger partial charge in [0.1, 0.15) is 5.69 Å². The van der Waals surface area contributed by atoms with E-state index in [4.69, 9.17) is 0 Å². The quantitative estimate of drug-likeness (QED) is 0.820. The van der Waals surface area contributed by atoms with Crippen LogP contribution in [0.2, 0.25) is 0 Å². The maximum Gasteiger partial charge on any atom is 0.269 e. The fourth-order valence-corrected chi connectivity index (χ4v) is 4.24. The van der Waals surface area contributed by atoms with Gasteiger partial charge in [0.05, 0.1) is 5.52 Å². The third-order valence-electron chi connectivity index (χ3n) is 5.84. The van der Waals surface area contributed by atoms with Crippen molar-refractivity contribution in [2.24, 2.45) is 5.92 Å². The average Bonchev–Trinajstić information content (AvgIpc) is 3.12. The number of hydrogen-bond donors (Lipinski definition) is 1. The van der Waals surface area contributed by atoms with Gasteiger partial charge in [0.15, 0.2) is 5.82 Å². The van der Waals surface area contributed by atoms with Crippen LogP contribution < -0.4 is 0 Å². The molecular weight excluding hydrogens is 369 g/mol. The Morgan fingerprint density at radius 1 is 1.21 bits per heavy atom. The van der Waals surface area contributed by atoms with Crippen molar-refractivity contribution in [3.8, 4) is 0 Å². The molecule has 0 saturated carbocycles. The molecule has 1 aromatic heterocycles. The molecule has 2 heterocycles. The minimum Gasteiger partial charge on any atom is -0.348 e. The van der Waals surface area contributed by atoms with Crippen molar-refractivity contribution in [1.82, 2.24) is 14.8 Å². The van der Waals surface area contributed by atoms with Crippen molar-refractivity contribution in [1.29, 1.82) is 0 Å². The van der Waals surface area contributed by atoms with Crippen LogP contribution in [-0.2, 0) is 4.79 Å². The number of aromatic amines is 1. The number of H-pyrrole nitrogens is 1. The summed E-state index contributed by atoms with van der Waals surface area (Å²) in [6.45, 7) is 9.23. The molecule has 1 N–H and O–H groups in total. The van der Waals surface area contributed by atoms with E-state index in [1.54, 1.807) is 20.2 Å². The zero-order chi connectivity index (χ0) is 21.5. The van der Waals surface area contributed by atoms with Gasteiger partial charge in [-0.2, -0.15) is 0 Å². The fraction of sp³-hybridized carbons (Fsp3) is 0.565. The molecule has 0 bridgehead atoms. The molecule has 1 saturated heterocycles. The van der Waals surface area contributed by atoms with Gasteiger partial charge in [0, 0.05) is 44.4 Å². The summed E-state index contributed by atoms with van der Waals surface area (Å²) in [6, 6.07) is 3.71. The molecule has 1 aromatic carbocycles. The minimum absolute atomic E-state index is 0.0374. The number of amides is 2. The largest absolute Gasteiger partial charge is 0.348 e. The molecule has 1 fully saturated rings. The Balaban J connectivity index is 2.07. The normalized spacial score (nSPS) is 17.4. The molecule has 158 valence electrons. The van der Waals surface area contributed by atoms with E-state index in [1.807, 2.05) is 24.8 Å². The first kappa shape index (κ1) is 21.3. The molecule has 2 amide bonds. The van der Waals surface area contributed by atoms with Gasteiger partial charge in [-0.1, -0.05) is 33.8 Å². The van der Waals surface area contributed by atoms with Crippen molar-refractivity contribution in [3.05, 3.63) is 34.8 Å². The first-order valence-corrected chi connectivity index (χ1v) is 10.5. The van der Waals surface area contributed by atoms with Gasteiger partial charge in [-0.05, 0) is 36.0 Å². The molecule has 1 atom stereocenters. The Morgan fingerprint density at radius 3 is 2.48 bits per heavy atom. The highest BCUT2D eigenvalue weighted by Crippen LogP contribution is 2.37. The molecule has 6 heteroatoms. The second-order valence-electron chi connectivity index (χ2n) is 8.97. The number of nitrogens with zero attached hydrogens (tertiary/aromatic N) is 2. The number of rotatable bonds is 4. The lowest BCUT2D eigenvalue weighted by molar-refractivity contribution is -0.135. The van der Waals surface area contributed by atoms with Crippen LogP contribution in [0.5, 0.6) is 0 Å². The number of piperidine rings is 1. The molecule has 0 radical (unpaired) electrons. The highest BCUT2D eigenvalue weighted by atomic mass is 19.1. The van der Waals surface area contributed by atoms with Crippen LogP contribution in [0.25, 0.3) is 10.9 Å². The Morgan fingerprint density at radius 2 is 1.90 bits per heavy atom. The average molecular weight is 402 g/mol. The molecule has 3 rings (SSSR count). The summed E-state index contributed by atoms with van der Waals surface area (Å²) in [5.74, 6) is -0.264. The van der Waals surface area contributed by atoms with Gasteiger partial charge < -0.3 is 14.8 Å². The lowest BCUT2D eigenvalue weighted by Crippen LogP contribution is -2.41. The first-order chi connectivity index (χ1) is 13.6. The molecule has 1 aliphatic heterocycles. The molecule has 2 aromatic rings. The first-order valence-electron chi connectivity index (χ1n) is 10.5. The van der Waals surface area contributed by atoms with Crippen LogP contribution >= 0.6 is 0 Å². The summed E-state index contributed by atoms with van der Waals surface area (Å²) in [5, 5.41) is 0.761. The molecule has 5 nitrogen and oxygen atoms in total. The van der Waals surface area contributed by atoms with Gasteiger partial charge in [0.2, 0.25) is 5.91 Å². The number of aromatic nitrogens is 1. The molecule has 1 aliphatic rings. The second kappa shape index (κ2) is 8.17. The zero-order valence-electron chi connectivity index (χ0n) is 18.3. The Bertz CT molecular complexity index is 930. The second-order valence-corrected chi connectivity index (χ2v) is 8.97. The van der Waals surface area contributed by atoms with Crippen molar-refractivity contribution >= 4 is 22.7 Å². The minimum atomic E-state index is -0.300. The van der Waals surface area contributed by atoms with Crippen molar-refractivity contribution in [2.75, 3.05) is 27.2 Å². The van der Waals surface area contributed by atoms with E-state index in [1.165, 1.54) is 4.90 Å². The smallest absolute Gasteiger partial charge is 0.269 e. The molecular formula is C23H32FN3O2. The Kier molecular flexibility index (Phi) is 6.01. The monoisotopic (exact) mass is 401 g/mol. The van der Waals surface area contributed by atoms with Gasteiger partial charge in [-0.15, -0.1) is 0 Å². The van der Waals surface area contributed by atoms with Crippen molar-refractivity contribution in [3.63, 3.8) is 0 Å². The third kappa shape index (κ3) is 4.02. The van der Waals surface area contributed by atoms with Crippen molar-refractivity contribution < 1.29 is 14.0 Å². The number of likely N-dealkylation sites (tertiary alicyclic amines) is 1. The van der Waals surface area contributed by atoms with E-state index in [0.717, 1.165) is 30.3 Å². The van der Waals surface area contributed by atoms with E-state index < -0.39 is 0 Å². The van der Waals surface area contributed by atoms with Crippen LogP contribution in [-0.4, -0.2) is 53.8 Å². The Hall–Kier alpha value is -2.37. The fourth-order valence-electron chi connectivity index (χ4n) is 4.24. The van der Waals surface area contributed by atoms with Gasteiger partial charge >= 0.3 is 0 Å².